The minimum atomic E-state index is -4.54. The summed E-state index contributed by atoms with van der Waals surface area (Å²) in [6.07, 6.45) is -4.54. The molecule has 0 radical (unpaired) electrons. The molecule has 3 nitrogen and oxygen atoms in total. The monoisotopic (exact) mass is 347 g/mol. The number of halogens is 4. The number of benzene rings is 1. The fraction of sp³-hybridized carbons (Fsp3) is 0.231. The molecule has 0 spiro atoms. The highest BCUT2D eigenvalue weighted by atomic mass is 79.9. The third-order valence-corrected chi connectivity index (χ3v) is 3.80. The highest BCUT2D eigenvalue weighted by Gasteiger charge is 2.37. The number of amides is 2. The van der Waals surface area contributed by atoms with Gasteiger partial charge in [0.15, 0.2) is 0 Å². The zero-order valence-corrected chi connectivity index (χ0v) is 12.1. The molecule has 0 fully saturated rings. The van der Waals surface area contributed by atoms with Crippen LogP contribution in [-0.2, 0) is 15.8 Å². The van der Waals surface area contributed by atoms with Crippen LogP contribution in [-0.4, -0.2) is 11.8 Å². The first-order valence-corrected chi connectivity index (χ1v) is 6.37. The molecule has 0 unspecified atom stereocenters. The Balaban J connectivity index is 2.55. The van der Waals surface area contributed by atoms with Gasteiger partial charge in [-0.1, -0.05) is 0 Å². The van der Waals surface area contributed by atoms with Crippen LogP contribution in [0.2, 0.25) is 0 Å². The predicted octanol–water partition coefficient (Wildman–Crippen LogP) is 3.68. The molecule has 0 N–H and O–H groups in total. The third-order valence-electron chi connectivity index (χ3n) is 3.12. The maximum atomic E-state index is 12.7. The van der Waals surface area contributed by atoms with Gasteiger partial charge in [0.25, 0.3) is 11.8 Å². The summed E-state index contributed by atoms with van der Waals surface area (Å²) in [6.45, 7) is 2.94. The molecule has 0 aromatic heterocycles. The first kappa shape index (κ1) is 14.8. The van der Waals surface area contributed by atoms with Gasteiger partial charge in [-0.2, -0.15) is 13.2 Å². The summed E-state index contributed by atoms with van der Waals surface area (Å²) >= 11 is 3.07. The van der Waals surface area contributed by atoms with Crippen LogP contribution < -0.4 is 4.90 Å². The predicted molar refractivity (Wildman–Crippen MR) is 70.0 cm³/mol. The summed E-state index contributed by atoms with van der Waals surface area (Å²) in [5.41, 5.74) is -0.553. The van der Waals surface area contributed by atoms with Crippen molar-refractivity contribution in [3.8, 4) is 0 Å². The van der Waals surface area contributed by atoms with Crippen LogP contribution >= 0.6 is 15.9 Å². The van der Waals surface area contributed by atoms with Crippen molar-refractivity contribution in [2.24, 2.45) is 0 Å². The Morgan fingerprint density at radius 3 is 2.00 bits per heavy atom. The van der Waals surface area contributed by atoms with Crippen molar-refractivity contribution < 1.29 is 22.8 Å². The highest BCUT2D eigenvalue weighted by molar-refractivity contribution is 9.10. The van der Waals surface area contributed by atoms with E-state index in [-0.39, 0.29) is 21.3 Å². The van der Waals surface area contributed by atoms with E-state index in [0.717, 1.165) is 17.0 Å². The zero-order chi connectivity index (χ0) is 15.2. The summed E-state index contributed by atoms with van der Waals surface area (Å²) in [7, 11) is 0. The molecule has 106 valence electrons. The lowest BCUT2D eigenvalue weighted by Crippen LogP contribution is -2.31. The van der Waals surface area contributed by atoms with Crippen LogP contribution in [0, 0.1) is 0 Å². The van der Waals surface area contributed by atoms with Gasteiger partial charge in [0.1, 0.15) is 0 Å². The van der Waals surface area contributed by atoms with Gasteiger partial charge in [-0.25, -0.2) is 4.90 Å². The fourth-order valence-corrected chi connectivity index (χ4v) is 2.25. The quantitative estimate of drug-likeness (QED) is 0.726. The van der Waals surface area contributed by atoms with E-state index in [2.05, 4.69) is 15.9 Å². The third kappa shape index (κ3) is 2.26. The Labute approximate surface area is 121 Å². The maximum absolute atomic E-state index is 12.7. The minimum absolute atomic E-state index is 0.106. The molecule has 1 aliphatic rings. The second-order valence-electron chi connectivity index (χ2n) is 4.36. The molecule has 20 heavy (non-hydrogen) atoms. The van der Waals surface area contributed by atoms with Crippen molar-refractivity contribution >= 4 is 33.4 Å². The second-order valence-corrected chi connectivity index (χ2v) is 5.21. The number of hydrogen-bond donors (Lipinski definition) is 0. The summed E-state index contributed by atoms with van der Waals surface area (Å²) in [4.78, 5) is 24.7. The molecule has 1 heterocycles. The fourth-order valence-electron chi connectivity index (χ4n) is 1.83. The van der Waals surface area contributed by atoms with E-state index in [1.54, 1.807) is 0 Å². The van der Waals surface area contributed by atoms with Gasteiger partial charge in [-0.15, -0.1) is 0 Å². The zero-order valence-electron chi connectivity index (χ0n) is 10.5. The molecule has 2 amide bonds. The Bertz CT molecular complexity index is 626. The van der Waals surface area contributed by atoms with E-state index in [1.165, 1.54) is 19.9 Å². The van der Waals surface area contributed by atoms with Crippen molar-refractivity contribution in [2.45, 2.75) is 20.0 Å². The van der Waals surface area contributed by atoms with Gasteiger partial charge in [0, 0.05) is 15.6 Å². The summed E-state index contributed by atoms with van der Waals surface area (Å²) < 4.78 is 38.4. The van der Waals surface area contributed by atoms with Gasteiger partial charge in [0.05, 0.1) is 11.3 Å². The van der Waals surface area contributed by atoms with Gasteiger partial charge in [-0.05, 0) is 48.0 Å². The average Bonchev–Trinajstić information content (AvgIpc) is 2.54. The van der Waals surface area contributed by atoms with Crippen molar-refractivity contribution in [1.82, 2.24) is 0 Å². The number of nitrogens with zero attached hydrogens (tertiary/aromatic N) is 1. The second kappa shape index (κ2) is 4.73. The summed E-state index contributed by atoms with van der Waals surface area (Å²) in [5, 5.41) is 0. The largest absolute Gasteiger partial charge is 0.416 e. The lowest BCUT2D eigenvalue weighted by Gasteiger charge is -2.18. The Kier molecular flexibility index (Phi) is 3.49. The average molecular weight is 348 g/mol. The Morgan fingerprint density at radius 2 is 1.55 bits per heavy atom. The number of alkyl halides is 3. The molecule has 1 aliphatic heterocycles. The van der Waals surface area contributed by atoms with Crippen molar-refractivity contribution in [3.05, 3.63) is 39.4 Å². The molecule has 2 rings (SSSR count). The molecule has 1 aromatic rings. The number of rotatable bonds is 1. The van der Waals surface area contributed by atoms with Crippen LogP contribution in [0.1, 0.15) is 19.4 Å². The molecule has 1 aromatic carbocycles. The lowest BCUT2D eigenvalue weighted by molar-refractivity contribution is -0.137. The van der Waals surface area contributed by atoms with Crippen LogP contribution in [0.3, 0.4) is 0 Å². The first-order valence-electron chi connectivity index (χ1n) is 5.57. The minimum Gasteiger partial charge on any atom is -0.269 e. The molecule has 0 saturated heterocycles. The number of imide groups is 1. The molecule has 0 atom stereocenters. The van der Waals surface area contributed by atoms with Crippen molar-refractivity contribution in [3.63, 3.8) is 0 Å². The number of carbonyl (C=O) groups is 2. The maximum Gasteiger partial charge on any atom is 0.416 e. The van der Waals surface area contributed by atoms with E-state index in [1.807, 2.05) is 0 Å². The van der Waals surface area contributed by atoms with Gasteiger partial charge >= 0.3 is 6.18 Å². The summed E-state index contributed by atoms with van der Waals surface area (Å²) in [6, 6.07) is 2.83. The van der Waals surface area contributed by atoms with E-state index >= 15 is 0 Å². The van der Waals surface area contributed by atoms with E-state index < -0.39 is 23.6 Å². The molecular formula is C13H9BrF3NO2. The Morgan fingerprint density at radius 1 is 1.05 bits per heavy atom. The molecule has 0 aliphatic carbocycles. The van der Waals surface area contributed by atoms with Gasteiger partial charge in [-0.3, -0.25) is 9.59 Å². The van der Waals surface area contributed by atoms with E-state index in [4.69, 9.17) is 0 Å². The topological polar surface area (TPSA) is 37.4 Å². The lowest BCUT2D eigenvalue weighted by atomic mass is 10.2. The SMILES string of the molecule is CC1=C(C)C(=O)N(c2cc(C(F)(F)F)ccc2Br)C1=O. The molecule has 0 saturated carbocycles. The standard InChI is InChI=1S/C13H9BrF3NO2/c1-6-7(2)12(20)18(11(6)19)10-5-8(13(15,16)17)3-4-9(10)14/h3-5H,1-2H3. The number of hydrogen-bond acceptors (Lipinski definition) is 2. The molecule has 7 heteroatoms. The highest BCUT2D eigenvalue weighted by Crippen LogP contribution is 2.37. The number of anilines is 1. The van der Waals surface area contributed by atoms with Crippen LogP contribution in [0.15, 0.2) is 33.8 Å². The first-order chi connectivity index (χ1) is 9.14. The normalized spacial score (nSPS) is 16.4. The Hall–Kier alpha value is -1.63. The molecule has 0 bridgehead atoms. The van der Waals surface area contributed by atoms with Gasteiger partial charge < -0.3 is 0 Å². The van der Waals surface area contributed by atoms with Crippen LogP contribution in [0.25, 0.3) is 0 Å². The smallest absolute Gasteiger partial charge is 0.269 e. The van der Waals surface area contributed by atoms with E-state index in [9.17, 15) is 22.8 Å². The van der Waals surface area contributed by atoms with Crippen molar-refractivity contribution in [2.75, 3.05) is 4.90 Å². The van der Waals surface area contributed by atoms with Crippen molar-refractivity contribution in [1.29, 1.82) is 0 Å². The van der Waals surface area contributed by atoms with Gasteiger partial charge in [0.2, 0.25) is 0 Å². The van der Waals surface area contributed by atoms with E-state index in [0.29, 0.717) is 0 Å². The summed E-state index contributed by atoms with van der Waals surface area (Å²) in [5.74, 6) is -1.21. The van der Waals surface area contributed by atoms with Crippen LogP contribution in [0.4, 0.5) is 18.9 Å². The number of carbonyl (C=O) groups excluding carboxylic acids is 2. The molecular weight excluding hydrogens is 339 g/mol. The van der Waals surface area contributed by atoms with Crippen LogP contribution in [0.5, 0.6) is 0 Å².